The minimum atomic E-state index is -0.276. The number of rotatable bonds is 4. The van der Waals surface area contributed by atoms with Crippen molar-refractivity contribution in [3.8, 4) is 11.6 Å². The zero-order valence-corrected chi connectivity index (χ0v) is 14.3. The van der Waals surface area contributed by atoms with E-state index in [0.717, 1.165) is 5.56 Å². The lowest BCUT2D eigenvalue weighted by atomic mass is 10.2. The zero-order chi connectivity index (χ0) is 18.1. The number of benzene rings is 1. The van der Waals surface area contributed by atoms with E-state index >= 15 is 0 Å². The van der Waals surface area contributed by atoms with Gasteiger partial charge in [0.05, 0.1) is 6.26 Å². The second-order valence-corrected chi connectivity index (χ2v) is 6.03. The third kappa shape index (κ3) is 3.00. The first-order chi connectivity index (χ1) is 12.6. The summed E-state index contributed by atoms with van der Waals surface area (Å²) in [5.41, 5.74) is 7.70. The van der Waals surface area contributed by atoms with Crippen molar-refractivity contribution in [1.82, 2.24) is 19.9 Å². The Hall–Kier alpha value is -3.32. The van der Waals surface area contributed by atoms with Gasteiger partial charge in [0.15, 0.2) is 11.4 Å². The van der Waals surface area contributed by atoms with Crippen LogP contribution in [0.3, 0.4) is 0 Å². The fraction of sp³-hybridized carbons (Fsp3) is 0.0556. The average Bonchev–Trinajstić information content (AvgIpc) is 3.30. The molecular weight excluding hydrogens is 354 g/mol. The van der Waals surface area contributed by atoms with E-state index in [1.807, 2.05) is 18.2 Å². The Morgan fingerprint density at radius 1 is 1.23 bits per heavy atom. The molecule has 0 radical (unpaired) electrons. The van der Waals surface area contributed by atoms with E-state index in [9.17, 15) is 4.79 Å². The minimum absolute atomic E-state index is 0.276. The van der Waals surface area contributed by atoms with E-state index in [-0.39, 0.29) is 5.91 Å². The second kappa shape index (κ2) is 6.53. The number of anilines is 1. The van der Waals surface area contributed by atoms with Crippen LogP contribution in [0, 0.1) is 0 Å². The number of nitrogens with zero attached hydrogens (tertiary/aromatic N) is 3. The molecule has 0 spiro atoms. The van der Waals surface area contributed by atoms with Gasteiger partial charge in [-0.25, -0.2) is 4.98 Å². The van der Waals surface area contributed by atoms with Gasteiger partial charge in [0.25, 0.3) is 5.91 Å². The highest BCUT2D eigenvalue weighted by atomic mass is 35.5. The molecule has 0 bridgehead atoms. The number of nitrogen functional groups attached to an aromatic ring is 1. The van der Waals surface area contributed by atoms with E-state index < -0.39 is 0 Å². The number of aromatic nitrogens is 3. The number of furan rings is 1. The van der Waals surface area contributed by atoms with Gasteiger partial charge in [-0.1, -0.05) is 29.8 Å². The molecule has 0 fully saturated rings. The summed E-state index contributed by atoms with van der Waals surface area (Å²) < 4.78 is 6.76. The Morgan fingerprint density at radius 2 is 2.08 bits per heavy atom. The maximum Gasteiger partial charge on any atom is 0.251 e. The van der Waals surface area contributed by atoms with Crippen LogP contribution in [0.25, 0.3) is 17.2 Å². The van der Waals surface area contributed by atoms with Crippen LogP contribution in [-0.2, 0) is 6.54 Å². The van der Waals surface area contributed by atoms with Gasteiger partial charge in [-0.3, -0.25) is 4.79 Å². The summed E-state index contributed by atoms with van der Waals surface area (Å²) in [6.45, 7) is 0.313. The largest absolute Gasteiger partial charge is 0.461 e. The van der Waals surface area contributed by atoms with Crippen LogP contribution in [0.1, 0.15) is 15.9 Å². The van der Waals surface area contributed by atoms with Crippen molar-refractivity contribution in [1.29, 1.82) is 0 Å². The molecule has 4 rings (SSSR count). The topological polar surface area (TPSA) is 98.5 Å². The van der Waals surface area contributed by atoms with Gasteiger partial charge in [0.2, 0.25) is 5.82 Å². The molecule has 1 aromatic carbocycles. The summed E-state index contributed by atoms with van der Waals surface area (Å²) in [7, 11) is 0. The zero-order valence-electron chi connectivity index (χ0n) is 13.5. The van der Waals surface area contributed by atoms with Gasteiger partial charge < -0.3 is 15.5 Å². The molecule has 0 saturated heterocycles. The molecule has 0 atom stereocenters. The van der Waals surface area contributed by atoms with Crippen LogP contribution in [-0.4, -0.2) is 20.5 Å². The lowest BCUT2D eigenvalue weighted by Crippen LogP contribution is -2.23. The first kappa shape index (κ1) is 16.2. The Kier molecular flexibility index (Phi) is 4.06. The van der Waals surface area contributed by atoms with E-state index in [4.69, 9.17) is 21.8 Å². The Morgan fingerprint density at radius 3 is 2.85 bits per heavy atom. The summed E-state index contributed by atoms with van der Waals surface area (Å²) in [5, 5.41) is 7.73. The number of carbonyl (C=O) groups excluding carboxylic acids is 1. The molecule has 0 aliphatic carbocycles. The molecule has 26 heavy (non-hydrogen) atoms. The van der Waals surface area contributed by atoms with Crippen molar-refractivity contribution in [3.63, 3.8) is 0 Å². The summed E-state index contributed by atoms with van der Waals surface area (Å²) in [4.78, 5) is 16.8. The van der Waals surface area contributed by atoms with Crippen LogP contribution in [0.4, 0.5) is 5.82 Å². The number of hydrogen-bond donors (Lipinski definition) is 2. The summed E-state index contributed by atoms with van der Waals surface area (Å²) in [6.07, 6.45) is 1.54. The SMILES string of the molecule is Nc1cc(C(=O)NCc2ccccc2Cl)cc2nc(-c3ccco3)nn12. The molecule has 0 saturated carbocycles. The van der Waals surface area contributed by atoms with Gasteiger partial charge in [-0.2, -0.15) is 4.52 Å². The predicted octanol–water partition coefficient (Wildman–Crippen LogP) is 3.15. The highest BCUT2D eigenvalue weighted by molar-refractivity contribution is 6.31. The Labute approximate surface area is 153 Å². The van der Waals surface area contributed by atoms with Crippen LogP contribution in [0.2, 0.25) is 5.02 Å². The summed E-state index contributed by atoms with van der Waals surface area (Å²) in [6, 6.07) is 14.0. The van der Waals surface area contributed by atoms with Gasteiger partial charge in [-0.05, 0) is 35.9 Å². The van der Waals surface area contributed by atoms with Crippen molar-refractivity contribution < 1.29 is 9.21 Å². The van der Waals surface area contributed by atoms with Crippen LogP contribution in [0.5, 0.6) is 0 Å². The molecule has 3 aromatic heterocycles. The molecular formula is C18H14ClN5O2. The number of carbonyl (C=O) groups is 1. The van der Waals surface area contributed by atoms with Gasteiger partial charge in [-0.15, -0.1) is 5.10 Å². The van der Waals surface area contributed by atoms with Gasteiger partial charge in [0.1, 0.15) is 5.82 Å². The minimum Gasteiger partial charge on any atom is -0.461 e. The highest BCUT2D eigenvalue weighted by Crippen LogP contribution is 2.20. The monoisotopic (exact) mass is 367 g/mol. The number of nitrogens with two attached hydrogens (primary N) is 1. The van der Waals surface area contributed by atoms with Crippen LogP contribution < -0.4 is 11.1 Å². The maximum absolute atomic E-state index is 12.5. The fourth-order valence-electron chi connectivity index (χ4n) is 2.57. The van der Waals surface area contributed by atoms with Crippen LogP contribution in [0.15, 0.2) is 59.2 Å². The van der Waals surface area contributed by atoms with Crippen molar-refractivity contribution in [2.24, 2.45) is 0 Å². The molecule has 7 nitrogen and oxygen atoms in total. The number of fused-ring (bicyclic) bond motifs is 1. The normalized spacial score (nSPS) is 11.0. The number of pyridine rings is 1. The molecule has 0 aliphatic rings. The smallest absolute Gasteiger partial charge is 0.251 e. The third-order valence-electron chi connectivity index (χ3n) is 3.87. The van der Waals surface area contributed by atoms with Crippen molar-refractivity contribution in [2.45, 2.75) is 6.54 Å². The maximum atomic E-state index is 12.5. The number of nitrogens with one attached hydrogen (secondary N) is 1. The Bertz CT molecular complexity index is 1090. The first-order valence-corrected chi connectivity index (χ1v) is 8.21. The van der Waals surface area contributed by atoms with E-state index in [2.05, 4.69) is 15.4 Å². The lowest BCUT2D eigenvalue weighted by Gasteiger charge is -2.08. The van der Waals surface area contributed by atoms with Crippen molar-refractivity contribution >= 4 is 29.0 Å². The second-order valence-electron chi connectivity index (χ2n) is 5.63. The van der Waals surface area contributed by atoms with E-state index in [0.29, 0.717) is 40.2 Å². The molecule has 130 valence electrons. The predicted molar refractivity (Wildman–Crippen MR) is 97.7 cm³/mol. The molecule has 1 amide bonds. The standard InChI is InChI=1S/C18H14ClN5O2/c19-13-5-2-1-4-11(13)10-21-18(25)12-8-15(20)24-16(9-12)22-17(23-24)14-6-3-7-26-14/h1-9H,10,20H2,(H,21,25). The lowest BCUT2D eigenvalue weighted by molar-refractivity contribution is 0.0951. The highest BCUT2D eigenvalue weighted by Gasteiger charge is 2.14. The molecule has 0 unspecified atom stereocenters. The third-order valence-corrected chi connectivity index (χ3v) is 4.23. The van der Waals surface area contributed by atoms with Crippen molar-refractivity contribution in [3.05, 3.63) is 70.9 Å². The molecule has 3 N–H and O–H groups in total. The summed E-state index contributed by atoms with van der Waals surface area (Å²) >= 11 is 6.11. The van der Waals surface area contributed by atoms with Crippen molar-refractivity contribution in [2.75, 3.05) is 5.73 Å². The molecule has 4 aromatic rings. The number of halogens is 1. The quantitative estimate of drug-likeness (QED) is 0.577. The molecule has 8 heteroatoms. The summed E-state index contributed by atoms with van der Waals surface area (Å²) in [5.74, 6) is 0.950. The Balaban J connectivity index is 1.60. The average molecular weight is 368 g/mol. The first-order valence-electron chi connectivity index (χ1n) is 7.83. The van der Waals surface area contributed by atoms with Crippen LogP contribution >= 0.6 is 11.6 Å². The number of amides is 1. The van der Waals surface area contributed by atoms with E-state index in [1.54, 1.807) is 30.3 Å². The molecule has 3 heterocycles. The fourth-order valence-corrected chi connectivity index (χ4v) is 2.77. The molecule has 0 aliphatic heterocycles. The van der Waals surface area contributed by atoms with E-state index in [1.165, 1.54) is 10.8 Å². The van der Waals surface area contributed by atoms with Gasteiger partial charge in [0, 0.05) is 17.1 Å². The van der Waals surface area contributed by atoms with Gasteiger partial charge >= 0.3 is 0 Å². The number of hydrogen-bond acceptors (Lipinski definition) is 5.